The minimum absolute atomic E-state index is 0.329. The van der Waals surface area contributed by atoms with Crippen LogP contribution in [0.4, 0.5) is 0 Å². The minimum Gasteiger partial charge on any atom is -0.490 e. The molecule has 1 aromatic rings. The van der Waals surface area contributed by atoms with Crippen molar-refractivity contribution in [2.24, 2.45) is 0 Å². The molecule has 1 heterocycles. The predicted octanol–water partition coefficient (Wildman–Crippen LogP) is 6.49. The Morgan fingerprint density at radius 3 is 2.16 bits per heavy atom. The van der Waals surface area contributed by atoms with Gasteiger partial charge in [-0.05, 0) is 42.9 Å². The second-order valence-electron chi connectivity index (χ2n) is 7.49. The maximum Gasteiger partial charge on any atom is 0.122 e. The lowest BCUT2D eigenvalue weighted by atomic mass is 9.95. The van der Waals surface area contributed by atoms with E-state index in [1.54, 1.807) is 0 Å². The molecule has 0 bridgehead atoms. The molecular weight excluding hydrogens is 308 g/mol. The fraction of sp³-hybridized carbons (Fsp3) is 0.739. The fourth-order valence-corrected chi connectivity index (χ4v) is 3.44. The summed E-state index contributed by atoms with van der Waals surface area (Å²) >= 11 is 0. The third kappa shape index (κ3) is 8.27. The largest absolute Gasteiger partial charge is 0.490 e. The van der Waals surface area contributed by atoms with E-state index in [2.05, 4.69) is 32.0 Å². The van der Waals surface area contributed by atoms with Crippen molar-refractivity contribution in [3.05, 3.63) is 29.3 Å². The maximum atomic E-state index is 6.10. The molecule has 142 valence electrons. The molecule has 1 atom stereocenters. The SMILES string of the molecule is CCCCCCCc1cccc(OCC2CO2)c1CCCCCCC. The van der Waals surface area contributed by atoms with Crippen molar-refractivity contribution in [2.75, 3.05) is 13.2 Å². The van der Waals surface area contributed by atoms with E-state index >= 15 is 0 Å². The zero-order chi connectivity index (χ0) is 17.7. The first-order valence-corrected chi connectivity index (χ1v) is 10.7. The Hall–Kier alpha value is -1.02. The van der Waals surface area contributed by atoms with E-state index in [4.69, 9.17) is 9.47 Å². The van der Waals surface area contributed by atoms with Gasteiger partial charge in [0, 0.05) is 0 Å². The molecule has 2 heteroatoms. The second kappa shape index (κ2) is 12.4. The zero-order valence-corrected chi connectivity index (χ0v) is 16.5. The van der Waals surface area contributed by atoms with Crippen molar-refractivity contribution in [1.82, 2.24) is 0 Å². The van der Waals surface area contributed by atoms with Crippen molar-refractivity contribution in [1.29, 1.82) is 0 Å². The quantitative estimate of drug-likeness (QED) is 0.267. The number of ether oxygens (including phenoxy) is 2. The summed E-state index contributed by atoms with van der Waals surface area (Å²) in [5.41, 5.74) is 2.98. The van der Waals surface area contributed by atoms with Crippen molar-refractivity contribution >= 4 is 0 Å². The first-order valence-electron chi connectivity index (χ1n) is 10.7. The van der Waals surface area contributed by atoms with Gasteiger partial charge < -0.3 is 9.47 Å². The van der Waals surface area contributed by atoms with Crippen LogP contribution < -0.4 is 4.74 Å². The topological polar surface area (TPSA) is 21.8 Å². The van der Waals surface area contributed by atoms with Gasteiger partial charge in [-0.2, -0.15) is 0 Å². The summed E-state index contributed by atoms with van der Waals surface area (Å²) in [4.78, 5) is 0. The number of rotatable bonds is 15. The lowest BCUT2D eigenvalue weighted by Crippen LogP contribution is -2.07. The lowest BCUT2D eigenvalue weighted by molar-refractivity contribution is 0.260. The van der Waals surface area contributed by atoms with Crippen LogP contribution in [0.15, 0.2) is 18.2 Å². The van der Waals surface area contributed by atoms with E-state index < -0.39 is 0 Å². The monoisotopic (exact) mass is 346 g/mol. The molecule has 1 aliphatic rings. The summed E-state index contributed by atoms with van der Waals surface area (Å²) in [6.45, 7) is 6.13. The number of epoxide rings is 1. The van der Waals surface area contributed by atoms with Crippen LogP contribution in [0.3, 0.4) is 0 Å². The molecule has 0 spiro atoms. The summed E-state index contributed by atoms with van der Waals surface area (Å²) in [6.07, 6.45) is 16.1. The van der Waals surface area contributed by atoms with Crippen molar-refractivity contribution in [2.45, 2.75) is 97.0 Å². The highest BCUT2D eigenvalue weighted by molar-refractivity contribution is 5.40. The van der Waals surface area contributed by atoms with Gasteiger partial charge in [0.05, 0.1) is 6.61 Å². The smallest absolute Gasteiger partial charge is 0.122 e. The van der Waals surface area contributed by atoms with Crippen LogP contribution in [-0.2, 0) is 17.6 Å². The van der Waals surface area contributed by atoms with Crippen LogP contribution in [0.25, 0.3) is 0 Å². The Labute approximate surface area is 155 Å². The molecule has 1 aliphatic heterocycles. The molecule has 1 saturated heterocycles. The van der Waals surface area contributed by atoms with Crippen LogP contribution in [0.5, 0.6) is 5.75 Å². The zero-order valence-electron chi connectivity index (χ0n) is 16.5. The summed E-state index contributed by atoms with van der Waals surface area (Å²) in [6, 6.07) is 6.65. The molecular formula is C23H38O2. The van der Waals surface area contributed by atoms with Gasteiger partial charge in [-0.15, -0.1) is 0 Å². The first kappa shape index (κ1) is 20.3. The fourth-order valence-electron chi connectivity index (χ4n) is 3.44. The van der Waals surface area contributed by atoms with E-state index in [1.165, 1.54) is 81.8 Å². The maximum absolute atomic E-state index is 6.10. The Kier molecular flexibility index (Phi) is 10.0. The number of hydrogen-bond acceptors (Lipinski definition) is 2. The molecule has 1 aromatic carbocycles. The summed E-state index contributed by atoms with van der Waals surface area (Å²) in [5.74, 6) is 1.11. The van der Waals surface area contributed by atoms with Crippen molar-refractivity contribution in [3.8, 4) is 5.75 Å². The van der Waals surface area contributed by atoms with Crippen LogP contribution in [0.2, 0.25) is 0 Å². The average Bonchev–Trinajstić information content (AvgIpc) is 3.45. The van der Waals surface area contributed by atoms with Gasteiger partial charge in [-0.3, -0.25) is 0 Å². The molecule has 0 radical (unpaired) electrons. The van der Waals surface area contributed by atoms with E-state index in [1.807, 2.05) is 0 Å². The minimum atomic E-state index is 0.329. The van der Waals surface area contributed by atoms with E-state index in [9.17, 15) is 0 Å². The molecule has 2 rings (SSSR count). The van der Waals surface area contributed by atoms with Gasteiger partial charge in [-0.1, -0.05) is 77.3 Å². The normalized spacial score (nSPS) is 16.2. The second-order valence-corrected chi connectivity index (χ2v) is 7.49. The predicted molar refractivity (Wildman–Crippen MR) is 107 cm³/mol. The van der Waals surface area contributed by atoms with Gasteiger partial charge in [0.1, 0.15) is 18.5 Å². The Morgan fingerprint density at radius 2 is 1.52 bits per heavy atom. The Morgan fingerprint density at radius 1 is 0.880 bits per heavy atom. The standard InChI is InChI=1S/C23H38O2/c1-3-5-7-9-11-14-20-15-13-17-23(25-19-21-18-24-21)22(20)16-12-10-8-6-4-2/h13,15,17,21H,3-12,14,16,18-19H2,1-2H3. The molecule has 0 aliphatic carbocycles. The molecule has 2 nitrogen and oxygen atoms in total. The van der Waals surface area contributed by atoms with Crippen LogP contribution in [0.1, 0.15) is 89.2 Å². The Balaban J connectivity index is 1.89. The summed E-state index contributed by atoms with van der Waals surface area (Å²) < 4.78 is 11.4. The molecule has 25 heavy (non-hydrogen) atoms. The summed E-state index contributed by atoms with van der Waals surface area (Å²) in [5, 5.41) is 0. The molecule has 0 saturated carbocycles. The molecule has 0 N–H and O–H groups in total. The van der Waals surface area contributed by atoms with Gasteiger partial charge in [0.25, 0.3) is 0 Å². The highest BCUT2D eigenvalue weighted by atomic mass is 16.6. The van der Waals surface area contributed by atoms with Crippen molar-refractivity contribution in [3.63, 3.8) is 0 Å². The van der Waals surface area contributed by atoms with Gasteiger partial charge in [0.15, 0.2) is 0 Å². The third-order valence-corrected chi connectivity index (χ3v) is 5.14. The highest BCUT2D eigenvalue weighted by Crippen LogP contribution is 2.27. The van der Waals surface area contributed by atoms with Crippen LogP contribution in [0, 0.1) is 0 Å². The lowest BCUT2D eigenvalue weighted by Gasteiger charge is -2.16. The molecule has 0 aromatic heterocycles. The number of hydrogen-bond donors (Lipinski definition) is 0. The van der Waals surface area contributed by atoms with E-state index in [0.29, 0.717) is 12.7 Å². The molecule has 0 amide bonds. The average molecular weight is 347 g/mol. The third-order valence-electron chi connectivity index (χ3n) is 5.14. The summed E-state index contributed by atoms with van der Waals surface area (Å²) in [7, 11) is 0. The molecule has 1 unspecified atom stereocenters. The van der Waals surface area contributed by atoms with Gasteiger partial charge >= 0.3 is 0 Å². The number of aryl methyl sites for hydroxylation is 1. The van der Waals surface area contributed by atoms with Crippen LogP contribution >= 0.6 is 0 Å². The number of unbranched alkanes of at least 4 members (excludes halogenated alkanes) is 8. The van der Waals surface area contributed by atoms with E-state index in [-0.39, 0.29) is 0 Å². The highest BCUT2D eigenvalue weighted by Gasteiger charge is 2.23. The van der Waals surface area contributed by atoms with E-state index in [0.717, 1.165) is 18.8 Å². The van der Waals surface area contributed by atoms with Crippen LogP contribution in [-0.4, -0.2) is 19.3 Å². The van der Waals surface area contributed by atoms with Gasteiger partial charge in [-0.25, -0.2) is 0 Å². The number of benzene rings is 1. The Bertz CT molecular complexity index is 465. The molecule has 1 fully saturated rings. The van der Waals surface area contributed by atoms with Gasteiger partial charge in [0.2, 0.25) is 0 Å². The van der Waals surface area contributed by atoms with Crippen molar-refractivity contribution < 1.29 is 9.47 Å². The first-order chi connectivity index (χ1) is 12.3.